The molecule has 144 valence electrons. The summed E-state index contributed by atoms with van der Waals surface area (Å²) in [6.45, 7) is 0. The maximum absolute atomic E-state index is 13.3. The van der Waals surface area contributed by atoms with Crippen molar-refractivity contribution in [1.82, 2.24) is 5.01 Å². The first-order chi connectivity index (χ1) is 14.1. The van der Waals surface area contributed by atoms with Gasteiger partial charge in [-0.1, -0.05) is 27.5 Å². The number of amides is 1. The van der Waals surface area contributed by atoms with Crippen LogP contribution >= 0.6 is 27.5 Å². The molecule has 3 aromatic rings. The summed E-state index contributed by atoms with van der Waals surface area (Å²) in [6.07, 6.45) is 2.18. The Morgan fingerprint density at radius 1 is 1.24 bits per heavy atom. The lowest BCUT2D eigenvalue weighted by Gasteiger charge is -2.44. The van der Waals surface area contributed by atoms with Gasteiger partial charge < -0.3 is 14.5 Å². The number of rotatable bonds is 1. The molecular formula is C21H13BrClN3O3. The molecule has 0 unspecified atom stereocenters. The molecule has 29 heavy (non-hydrogen) atoms. The van der Waals surface area contributed by atoms with E-state index in [1.807, 2.05) is 42.5 Å². The third kappa shape index (κ3) is 2.28. The number of fused-ring (bicyclic) bond motifs is 6. The summed E-state index contributed by atoms with van der Waals surface area (Å²) >= 11 is 9.78. The number of hydrazone groups is 1. The fraction of sp³-hybridized carbons (Fsp3) is 0.143. The van der Waals surface area contributed by atoms with Crippen LogP contribution in [0, 0.1) is 0 Å². The van der Waals surface area contributed by atoms with Crippen molar-refractivity contribution in [2.24, 2.45) is 5.10 Å². The van der Waals surface area contributed by atoms with Crippen molar-refractivity contribution in [3.8, 4) is 5.75 Å². The number of hydrogen-bond donors (Lipinski definition) is 1. The molecule has 3 aliphatic heterocycles. The second-order valence-corrected chi connectivity index (χ2v) is 8.51. The van der Waals surface area contributed by atoms with Gasteiger partial charge >= 0.3 is 5.72 Å². The Balaban J connectivity index is 1.61. The number of nitrogens with one attached hydrogen (secondary N) is 1. The number of nitrogens with zero attached hydrogens (tertiary/aromatic N) is 2. The van der Waals surface area contributed by atoms with Crippen LogP contribution in [0.2, 0.25) is 5.02 Å². The Morgan fingerprint density at radius 3 is 2.97 bits per heavy atom. The van der Waals surface area contributed by atoms with Crippen LogP contribution in [-0.4, -0.2) is 16.6 Å². The lowest BCUT2D eigenvalue weighted by Crippen LogP contribution is -2.55. The van der Waals surface area contributed by atoms with E-state index in [2.05, 4.69) is 21.2 Å². The first kappa shape index (κ1) is 17.1. The molecule has 0 saturated carbocycles. The molecule has 2 atom stereocenters. The Kier molecular flexibility index (Phi) is 3.47. The van der Waals surface area contributed by atoms with Crippen molar-refractivity contribution in [2.75, 3.05) is 5.32 Å². The van der Waals surface area contributed by atoms with Gasteiger partial charge in [-0.3, -0.25) is 4.79 Å². The summed E-state index contributed by atoms with van der Waals surface area (Å²) in [4.78, 5) is 13.3. The van der Waals surface area contributed by atoms with Gasteiger partial charge in [0.15, 0.2) is 0 Å². The van der Waals surface area contributed by atoms with Crippen molar-refractivity contribution >= 4 is 44.8 Å². The molecule has 1 spiro atoms. The highest BCUT2D eigenvalue weighted by molar-refractivity contribution is 9.10. The largest absolute Gasteiger partial charge is 0.463 e. The number of halogens is 2. The third-order valence-corrected chi connectivity index (χ3v) is 6.26. The molecule has 3 aliphatic rings. The number of carbonyl (C=O) groups is 1. The molecule has 6 rings (SSSR count). The normalized spacial score (nSPS) is 23.9. The van der Waals surface area contributed by atoms with Crippen molar-refractivity contribution in [3.63, 3.8) is 0 Å². The Hall–Kier alpha value is -2.77. The average Bonchev–Trinajstić information content (AvgIpc) is 3.42. The number of anilines is 1. The minimum absolute atomic E-state index is 0.215. The predicted octanol–water partition coefficient (Wildman–Crippen LogP) is 5.04. The van der Waals surface area contributed by atoms with Gasteiger partial charge in [0.1, 0.15) is 17.2 Å². The van der Waals surface area contributed by atoms with Crippen LogP contribution in [0.15, 0.2) is 68.8 Å². The van der Waals surface area contributed by atoms with E-state index in [0.717, 1.165) is 15.7 Å². The zero-order valence-electron chi connectivity index (χ0n) is 14.9. The first-order valence-electron chi connectivity index (χ1n) is 9.07. The molecule has 2 aromatic carbocycles. The second-order valence-electron chi connectivity index (χ2n) is 7.16. The van der Waals surface area contributed by atoms with E-state index < -0.39 is 5.72 Å². The summed E-state index contributed by atoms with van der Waals surface area (Å²) in [5, 5.41) is 10.1. The van der Waals surface area contributed by atoms with Crippen LogP contribution < -0.4 is 10.1 Å². The summed E-state index contributed by atoms with van der Waals surface area (Å²) in [7, 11) is 0. The molecule has 0 aliphatic carbocycles. The molecule has 4 heterocycles. The van der Waals surface area contributed by atoms with Gasteiger partial charge in [-0.2, -0.15) is 5.10 Å². The maximum atomic E-state index is 13.3. The molecule has 0 fully saturated rings. The molecule has 0 saturated heterocycles. The number of carbonyl (C=O) groups excluding carboxylic acids is 1. The van der Waals surface area contributed by atoms with E-state index in [1.165, 1.54) is 0 Å². The third-order valence-electron chi connectivity index (χ3n) is 5.53. The van der Waals surface area contributed by atoms with E-state index in [1.54, 1.807) is 17.3 Å². The number of hydrogen-bond acceptors (Lipinski definition) is 5. The van der Waals surface area contributed by atoms with Crippen LogP contribution in [-0.2, 0) is 10.5 Å². The van der Waals surface area contributed by atoms with Crippen molar-refractivity contribution in [3.05, 3.63) is 81.2 Å². The molecule has 0 radical (unpaired) electrons. The van der Waals surface area contributed by atoms with Gasteiger partial charge in [-0.05, 0) is 48.5 Å². The molecule has 1 N–H and O–H groups in total. The van der Waals surface area contributed by atoms with Gasteiger partial charge in [0.25, 0.3) is 5.91 Å². The zero-order chi connectivity index (χ0) is 19.8. The summed E-state index contributed by atoms with van der Waals surface area (Å²) in [6, 6.07) is 14.6. The van der Waals surface area contributed by atoms with Gasteiger partial charge in [0.05, 0.1) is 23.6 Å². The fourth-order valence-electron chi connectivity index (χ4n) is 4.28. The highest BCUT2D eigenvalue weighted by Crippen LogP contribution is 2.54. The summed E-state index contributed by atoms with van der Waals surface area (Å²) < 4.78 is 12.8. The highest BCUT2D eigenvalue weighted by atomic mass is 79.9. The molecule has 1 amide bonds. The van der Waals surface area contributed by atoms with Crippen LogP contribution in [0.4, 0.5) is 5.69 Å². The summed E-state index contributed by atoms with van der Waals surface area (Å²) in [5.41, 5.74) is 1.67. The van der Waals surface area contributed by atoms with Crippen LogP contribution in [0.5, 0.6) is 5.75 Å². The van der Waals surface area contributed by atoms with E-state index in [9.17, 15) is 4.79 Å². The van der Waals surface area contributed by atoms with Crippen LogP contribution in [0.3, 0.4) is 0 Å². The monoisotopic (exact) mass is 469 g/mol. The number of ether oxygens (including phenoxy) is 1. The minimum atomic E-state index is -1.40. The molecular weight excluding hydrogens is 458 g/mol. The highest BCUT2D eigenvalue weighted by Gasteiger charge is 2.61. The molecule has 6 nitrogen and oxygen atoms in total. The number of furan rings is 1. The fourth-order valence-corrected chi connectivity index (χ4v) is 4.82. The van der Waals surface area contributed by atoms with E-state index in [-0.39, 0.29) is 11.9 Å². The standard InChI is InChI=1S/C21H13BrClN3O3/c22-11-3-5-15-14(8-11)21(20(27)24-15)26-17(10-16(25-26)19-2-1-7-28-19)13-9-12(23)4-6-18(13)29-21/h1-9,17H,10H2,(H,24,27)/t17-,21+/m0/s1. The smallest absolute Gasteiger partial charge is 0.306 e. The zero-order valence-corrected chi connectivity index (χ0v) is 17.2. The molecule has 0 bridgehead atoms. The van der Waals surface area contributed by atoms with Gasteiger partial charge in [-0.25, -0.2) is 5.01 Å². The Labute approximate surface area is 179 Å². The first-order valence-corrected chi connectivity index (χ1v) is 10.2. The average molecular weight is 471 g/mol. The van der Waals surface area contributed by atoms with Crippen LogP contribution in [0.25, 0.3) is 0 Å². The van der Waals surface area contributed by atoms with Crippen molar-refractivity contribution in [2.45, 2.75) is 18.2 Å². The SMILES string of the molecule is O=C1Nc2ccc(Br)cc2[C@@]12Oc1ccc(Cl)cc1[C@@H]1CC(c3ccco3)=NN12. The molecule has 1 aromatic heterocycles. The number of benzene rings is 2. The minimum Gasteiger partial charge on any atom is -0.463 e. The van der Waals surface area contributed by atoms with Gasteiger partial charge in [0, 0.05) is 21.5 Å². The van der Waals surface area contributed by atoms with Crippen molar-refractivity contribution in [1.29, 1.82) is 0 Å². The molecule has 8 heteroatoms. The van der Waals surface area contributed by atoms with Gasteiger partial charge in [-0.15, -0.1) is 0 Å². The Bertz CT molecular complexity index is 1210. The predicted molar refractivity (Wildman–Crippen MR) is 111 cm³/mol. The quantitative estimate of drug-likeness (QED) is 0.541. The maximum Gasteiger partial charge on any atom is 0.306 e. The van der Waals surface area contributed by atoms with Gasteiger partial charge in [0.2, 0.25) is 0 Å². The summed E-state index contributed by atoms with van der Waals surface area (Å²) in [5.74, 6) is 1.01. The van der Waals surface area contributed by atoms with E-state index >= 15 is 0 Å². The second kappa shape index (κ2) is 5.87. The Morgan fingerprint density at radius 2 is 2.14 bits per heavy atom. The topological polar surface area (TPSA) is 67.1 Å². The van der Waals surface area contributed by atoms with Crippen LogP contribution in [0.1, 0.15) is 29.3 Å². The van der Waals surface area contributed by atoms with E-state index in [0.29, 0.717) is 34.2 Å². The lowest BCUT2D eigenvalue weighted by molar-refractivity contribution is -0.161. The lowest BCUT2D eigenvalue weighted by atomic mass is 9.93. The van der Waals surface area contributed by atoms with E-state index in [4.69, 9.17) is 25.9 Å². The van der Waals surface area contributed by atoms with Crippen molar-refractivity contribution < 1.29 is 13.9 Å².